The lowest BCUT2D eigenvalue weighted by Gasteiger charge is -2.31. The van der Waals surface area contributed by atoms with Gasteiger partial charge in [0, 0.05) is 75.1 Å². The predicted molar refractivity (Wildman–Crippen MR) is 174 cm³/mol. The summed E-state index contributed by atoms with van der Waals surface area (Å²) in [6.07, 6.45) is 9.44. The highest BCUT2D eigenvalue weighted by Gasteiger charge is 2.33. The predicted octanol–water partition coefficient (Wildman–Crippen LogP) is 3.00. The Bertz CT molecular complexity index is 1770. The lowest BCUT2D eigenvalue weighted by molar-refractivity contribution is -0.142. The fourth-order valence-corrected chi connectivity index (χ4v) is 6.73. The quantitative estimate of drug-likeness (QED) is 0.388. The summed E-state index contributed by atoms with van der Waals surface area (Å²) in [4.78, 5) is 51.4. The van der Waals surface area contributed by atoms with E-state index in [-0.39, 0.29) is 18.4 Å². The van der Waals surface area contributed by atoms with Gasteiger partial charge < -0.3 is 24.3 Å². The minimum Gasteiger partial charge on any atom is -0.461 e. The van der Waals surface area contributed by atoms with Gasteiger partial charge in [-0.2, -0.15) is 5.10 Å². The molecule has 4 aliphatic rings. The summed E-state index contributed by atoms with van der Waals surface area (Å²) < 4.78 is 13.0. The minimum absolute atomic E-state index is 0.0609. The molecule has 3 aliphatic heterocycles. The first kappa shape index (κ1) is 30.6. The highest BCUT2D eigenvalue weighted by atomic mass is 16.5. The van der Waals surface area contributed by atoms with Crippen molar-refractivity contribution in [3.8, 4) is 0 Å². The molecule has 244 valence electrons. The van der Waals surface area contributed by atoms with Crippen LogP contribution in [0.2, 0.25) is 0 Å². The number of rotatable bonds is 7. The first-order valence-electron chi connectivity index (χ1n) is 16.1. The largest absolute Gasteiger partial charge is 0.461 e. The molecule has 3 aromatic rings. The van der Waals surface area contributed by atoms with Crippen LogP contribution >= 0.6 is 0 Å². The number of nitrogens with zero attached hydrogens (tertiary/aromatic N) is 7. The van der Waals surface area contributed by atoms with Gasteiger partial charge in [0.05, 0.1) is 31.0 Å². The molecule has 0 spiro atoms. The Labute approximate surface area is 272 Å². The topological polar surface area (TPSA) is 134 Å². The first-order valence-corrected chi connectivity index (χ1v) is 16.1. The summed E-state index contributed by atoms with van der Waals surface area (Å²) in [5.41, 5.74) is 6.50. The molecule has 7 rings (SSSR count). The van der Waals surface area contributed by atoms with E-state index in [4.69, 9.17) is 14.6 Å². The molecule has 1 fully saturated rings. The van der Waals surface area contributed by atoms with Crippen molar-refractivity contribution in [2.75, 3.05) is 56.7 Å². The van der Waals surface area contributed by atoms with Crippen molar-refractivity contribution in [2.24, 2.45) is 5.10 Å². The zero-order chi connectivity index (χ0) is 32.5. The van der Waals surface area contributed by atoms with E-state index in [1.165, 1.54) is 18.2 Å². The number of pyridine rings is 2. The van der Waals surface area contributed by atoms with Crippen LogP contribution in [0.3, 0.4) is 0 Å². The van der Waals surface area contributed by atoms with Gasteiger partial charge in [0.1, 0.15) is 23.9 Å². The number of amides is 2. The number of aryl methyl sites for hydroxylation is 1. The van der Waals surface area contributed by atoms with Crippen molar-refractivity contribution in [3.05, 3.63) is 82.1 Å². The Balaban J connectivity index is 1.16. The summed E-state index contributed by atoms with van der Waals surface area (Å²) in [7, 11) is 1.87. The zero-order valence-electron chi connectivity index (χ0n) is 26.7. The average Bonchev–Trinajstić information content (AvgIpc) is 3.47. The van der Waals surface area contributed by atoms with Gasteiger partial charge in [0.2, 0.25) is 0 Å². The van der Waals surface area contributed by atoms with Crippen LogP contribution in [-0.4, -0.2) is 94.4 Å². The molecule has 1 N–H and O–H groups in total. The number of carbonyl (C=O) groups is 3. The third-order valence-corrected chi connectivity index (χ3v) is 8.99. The lowest BCUT2D eigenvalue weighted by atomic mass is 9.98. The molecule has 13 nitrogen and oxygen atoms in total. The number of esters is 1. The van der Waals surface area contributed by atoms with Crippen LogP contribution in [0.4, 0.5) is 11.6 Å². The van der Waals surface area contributed by atoms with E-state index < -0.39 is 5.97 Å². The second-order valence-electron chi connectivity index (χ2n) is 12.2. The van der Waals surface area contributed by atoms with Gasteiger partial charge in [0.25, 0.3) is 11.8 Å². The molecule has 1 aliphatic carbocycles. The molecule has 0 bridgehead atoms. The molecule has 47 heavy (non-hydrogen) atoms. The van der Waals surface area contributed by atoms with E-state index >= 15 is 0 Å². The average molecular weight is 639 g/mol. The van der Waals surface area contributed by atoms with Crippen LogP contribution in [0.1, 0.15) is 63.0 Å². The second-order valence-corrected chi connectivity index (χ2v) is 12.2. The fraction of sp³-hybridized carbons (Fsp3) is 0.412. The third-order valence-electron chi connectivity index (χ3n) is 8.99. The standard InChI is InChI=1S/C34H38N8O5/c1-22(43)47-21-27-26(9-10-35-32(27)42-12-11-41-29-6-4-3-5-23(29)17-30(41)34(42)45)28-18-25(20-39(2)38-28)37-31-8-7-24(19-36-31)33(44)40-13-15-46-16-14-40/h7-10,17-19H,3-6,11-16,20-21H2,1-2H3,(H,36,37). The van der Waals surface area contributed by atoms with Crippen LogP contribution in [-0.2, 0) is 40.3 Å². The first-order chi connectivity index (χ1) is 22.9. The lowest BCUT2D eigenvalue weighted by Crippen LogP contribution is -2.42. The number of nitrogens with one attached hydrogen (secondary N) is 1. The van der Waals surface area contributed by atoms with Crippen molar-refractivity contribution < 1.29 is 23.9 Å². The van der Waals surface area contributed by atoms with E-state index in [2.05, 4.69) is 19.9 Å². The molecule has 0 atom stereocenters. The Morgan fingerprint density at radius 2 is 1.87 bits per heavy atom. The zero-order valence-corrected chi connectivity index (χ0v) is 26.7. The molecular formula is C34H38N8O5. The summed E-state index contributed by atoms with van der Waals surface area (Å²) in [5.74, 6) is 0.443. The number of ether oxygens (including phenoxy) is 2. The number of carbonyl (C=O) groups excluding carboxylic acids is 3. The van der Waals surface area contributed by atoms with E-state index in [0.717, 1.165) is 31.4 Å². The third kappa shape index (κ3) is 6.22. The van der Waals surface area contributed by atoms with Crippen LogP contribution in [0, 0.1) is 0 Å². The number of aromatic nitrogens is 3. The molecule has 3 aromatic heterocycles. The van der Waals surface area contributed by atoms with E-state index in [0.29, 0.717) is 85.7 Å². The summed E-state index contributed by atoms with van der Waals surface area (Å²) in [6, 6.07) is 7.42. The number of hydrogen-bond acceptors (Lipinski definition) is 10. The smallest absolute Gasteiger partial charge is 0.302 e. The van der Waals surface area contributed by atoms with E-state index in [9.17, 15) is 14.4 Å². The Morgan fingerprint density at radius 1 is 1.04 bits per heavy atom. The maximum Gasteiger partial charge on any atom is 0.302 e. The minimum atomic E-state index is -0.431. The van der Waals surface area contributed by atoms with Crippen molar-refractivity contribution in [3.63, 3.8) is 0 Å². The number of hydrazone groups is 1. The molecule has 0 aromatic carbocycles. The fourth-order valence-electron chi connectivity index (χ4n) is 6.73. The number of allylic oxidation sites excluding steroid dienone is 1. The highest BCUT2D eigenvalue weighted by Crippen LogP contribution is 2.32. The number of morpholine rings is 1. The molecule has 0 radical (unpaired) electrons. The molecule has 1 saturated heterocycles. The SMILES string of the molecule is CC(=O)OCc1c(C2=NN(C)CC(Nc3ccc(C(=O)N4CCOCC4)cn3)=C2)ccnc1N1CCn2c(cc3c2CCCC3)C1=O. The normalized spacial score (nSPS) is 17.8. The van der Waals surface area contributed by atoms with Gasteiger partial charge in [-0.25, -0.2) is 9.97 Å². The van der Waals surface area contributed by atoms with Gasteiger partial charge in [-0.1, -0.05) is 0 Å². The van der Waals surface area contributed by atoms with Crippen LogP contribution in [0.5, 0.6) is 0 Å². The van der Waals surface area contributed by atoms with Crippen molar-refractivity contribution in [1.82, 2.24) is 24.4 Å². The highest BCUT2D eigenvalue weighted by molar-refractivity contribution is 6.12. The van der Waals surface area contributed by atoms with Gasteiger partial charge >= 0.3 is 5.97 Å². The van der Waals surface area contributed by atoms with Gasteiger partial charge in [-0.3, -0.25) is 24.3 Å². The van der Waals surface area contributed by atoms with Crippen molar-refractivity contribution in [1.29, 1.82) is 0 Å². The van der Waals surface area contributed by atoms with E-state index in [1.807, 2.05) is 25.3 Å². The molecule has 6 heterocycles. The molecule has 0 saturated carbocycles. The molecule has 13 heteroatoms. The number of anilines is 2. The number of likely N-dealkylation sites (N-methyl/N-ethyl adjacent to an activating group) is 1. The van der Waals surface area contributed by atoms with Crippen LogP contribution in [0.15, 0.2) is 53.5 Å². The maximum atomic E-state index is 13.9. The summed E-state index contributed by atoms with van der Waals surface area (Å²) >= 11 is 0. The Hall–Kier alpha value is -5.04. The monoisotopic (exact) mass is 638 g/mol. The molecule has 2 amide bonds. The van der Waals surface area contributed by atoms with Gasteiger partial charge in [0.15, 0.2) is 0 Å². The maximum absolute atomic E-state index is 13.9. The van der Waals surface area contributed by atoms with Gasteiger partial charge in [-0.05, 0) is 61.6 Å². The van der Waals surface area contributed by atoms with Gasteiger partial charge in [-0.15, -0.1) is 0 Å². The van der Waals surface area contributed by atoms with Crippen molar-refractivity contribution in [2.45, 2.75) is 45.8 Å². The Morgan fingerprint density at radius 3 is 2.66 bits per heavy atom. The van der Waals surface area contributed by atoms with Crippen LogP contribution in [0.25, 0.3) is 0 Å². The van der Waals surface area contributed by atoms with Crippen molar-refractivity contribution >= 4 is 35.1 Å². The number of fused-ring (bicyclic) bond motifs is 3. The summed E-state index contributed by atoms with van der Waals surface area (Å²) in [6.45, 7) is 5.14. The molecule has 0 unspecified atom stereocenters. The number of hydrogen-bond donors (Lipinski definition) is 1. The van der Waals surface area contributed by atoms with E-state index in [1.54, 1.807) is 39.3 Å². The Kier molecular flexibility index (Phi) is 8.46. The second kappa shape index (κ2) is 13.0. The summed E-state index contributed by atoms with van der Waals surface area (Å²) in [5, 5.41) is 9.94. The molecular weight excluding hydrogens is 600 g/mol. The van der Waals surface area contributed by atoms with Crippen LogP contribution < -0.4 is 10.2 Å².